The summed E-state index contributed by atoms with van der Waals surface area (Å²) in [6.45, 7) is 2.64. The van der Waals surface area contributed by atoms with Crippen molar-refractivity contribution in [2.24, 2.45) is 5.73 Å². The molecule has 0 spiro atoms. The molecule has 1 atom stereocenters. The Balaban J connectivity index is 2.01. The molecule has 4 heteroatoms. The van der Waals surface area contributed by atoms with Crippen LogP contribution in [0.5, 0.6) is 5.75 Å². The van der Waals surface area contributed by atoms with Crippen LogP contribution in [0.2, 0.25) is 0 Å². The highest BCUT2D eigenvalue weighted by atomic mass is 79.9. The van der Waals surface area contributed by atoms with Crippen LogP contribution in [0.4, 0.5) is 0 Å². The fraction of sp³-hybridized carbons (Fsp3) is 0.286. The summed E-state index contributed by atoms with van der Waals surface area (Å²) in [5.74, 6) is 0.870. The molecule has 0 aliphatic heterocycles. The number of benzene rings is 1. The molecule has 2 rings (SSSR count). The van der Waals surface area contributed by atoms with E-state index in [1.807, 2.05) is 25.1 Å². The largest absolute Gasteiger partial charge is 0.493 e. The molecule has 1 aromatic heterocycles. The van der Waals surface area contributed by atoms with E-state index < -0.39 is 0 Å². The van der Waals surface area contributed by atoms with Crippen LogP contribution in [0.1, 0.15) is 24.1 Å². The zero-order valence-electron chi connectivity index (χ0n) is 10.2. The topological polar surface area (TPSA) is 35.2 Å². The van der Waals surface area contributed by atoms with Gasteiger partial charge in [-0.05, 0) is 41.4 Å². The molecule has 0 unspecified atom stereocenters. The average Bonchev–Trinajstić information content (AvgIpc) is 2.82. The summed E-state index contributed by atoms with van der Waals surface area (Å²) in [5.41, 5.74) is 8.30. The van der Waals surface area contributed by atoms with Gasteiger partial charge in [-0.3, -0.25) is 0 Å². The minimum atomic E-state index is -0.0192. The fourth-order valence-electron chi connectivity index (χ4n) is 1.72. The third kappa shape index (κ3) is 3.57. The summed E-state index contributed by atoms with van der Waals surface area (Å²) in [4.78, 5) is 0. The molecule has 0 aliphatic carbocycles. The second kappa shape index (κ2) is 6.36. The van der Waals surface area contributed by atoms with Gasteiger partial charge in [-0.1, -0.05) is 22.0 Å². The van der Waals surface area contributed by atoms with Crippen molar-refractivity contribution in [3.63, 3.8) is 0 Å². The lowest BCUT2D eigenvalue weighted by Gasteiger charge is -2.14. The molecule has 96 valence electrons. The van der Waals surface area contributed by atoms with E-state index in [-0.39, 0.29) is 6.04 Å². The van der Waals surface area contributed by atoms with Gasteiger partial charge in [0.2, 0.25) is 0 Å². The molecule has 0 fully saturated rings. The number of hydrogen-bond donors (Lipinski definition) is 1. The maximum Gasteiger partial charge on any atom is 0.125 e. The number of rotatable bonds is 5. The molecule has 2 aromatic rings. The molecule has 0 radical (unpaired) electrons. The Labute approximate surface area is 120 Å². The molecule has 2 N–H and O–H groups in total. The van der Waals surface area contributed by atoms with Crippen LogP contribution in [0.3, 0.4) is 0 Å². The highest BCUT2D eigenvalue weighted by Gasteiger charge is 2.08. The fourth-order valence-corrected chi connectivity index (χ4v) is 2.77. The molecular weight excluding hydrogens is 310 g/mol. The molecule has 0 bridgehead atoms. The van der Waals surface area contributed by atoms with E-state index in [0.717, 1.165) is 22.2 Å². The van der Waals surface area contributed by atoms with Crippen LogP contribution in [0.15, 0.2) is 39.5 Å². The van der Waals surface area contributed by atoms with Gasteiger partial charge in [0.05, 0.1) is 6.61 Å². The lowest BCUT2D eigenvalue weighted by molar-refractivity contribution is 0.317. The maximum atomic E-state index is 5.94. The highest BCUT2D eigenvalue weighted by molar-refractivity contribution is 9.10. The number of thiophene rings is 1. The van der Waals surface area contributed by atoms with Gasteiger partial charge in [0.1, 0.15) is 5.75 Å². The van der Waals surface area contributed by atoms with E-state index in [0.29, 0.717) is 6.61 Å². The average molecular weight is 326 g/mol. The second-order valence-corrected chi connectivity index (χ2v) is 5.90. The van der Waals surface area contributed by atoms with Crippen LogP contribution in [0, 0.1) is 0 Å². The zero-order valence-corrected chi connectivity index (χ0v) is 12.6. The van der Waals surface area contributed by atoms with Crippen molar-refractivity contribution >= 4 is 27.3 Å². The smallest absolute Gasteiger partial charge is 0.125 e. The molecular formula is C14H16BrNOS. The number of hydrogen-bond acceptors (Lipinski definition) is 3. The van der Waals surface area contributed by atoms with Crippen molar-refractivity contribution in [2.45, 2.75) is 19.4 Å². The summed E-state index contributed by atoms with van der Waals surface area (Å²) < 4.78 is 6.86. The number of halogens is 1. The normalized spacial score (nSPS) is 12.4. The van der Waals surface area contributed by atoms with Gasteiger partial charge in [0.25, 0.3) is 0 Å². The number of nitrogens with two attached hydrogens (primary N) is 1. The summed E-state index contributed by atoms with van der Waals surface area (Å²) in [6, 6.07) is 8.08. The maximum absolute atomic E-state index is 5.94. The van der Waals surface area contributed by atoms with E-state index in [1.54, 1.807) is 11.3 Å². The van der Waals surface area contributed by atoms with Crippen LogP contribution in [-0.4, -0.2) is 6.61 Å². The first-order valence-electron chi connectivity index (χ1n) is 5.85. The van der Waals surface area contributed by atoms with Crippen molar-refractivity contribution in [1.29, 1.82) is 0 Å². The lowest BCUT2D eigenvalue weighted by Crippen LogP contribution is -2.09. The Morgan fingerprint density at radius 3 is 2.89 bits per heavy atom. The highest BCUT2D eigenvalue weighted by Crippen LogP contribution is 2.27. The summed E-state index contributed by atoms with van der Waals surface area (Å²) in [6.07, 6.45) is 0.925. The van der Waals surface area contributed by atoms with Gasteiger partial charge < -0.3 is 10.5 Å². The van der Waals surface area contributed by atoms with Gasteiger partial charge >= 0.3 is 0 Å². The molecule has 2 nitrogen and oxygen atoms in total. The Morgan fingerprint density at radius 1 is 1.39 bits per heavy atom. The van der Waals surface area contributed by atoms with Gasteiger partial charge in [-0.15, -0.1) is 0 Å². The summed E-state index contributed by atoms with van der Waals surface area (Å²) >= 11 is 5.17. The molecule has 1 aromatic carbocycles. The van der Waals surface area contributed by atoms with Gasteiger partial charge in [0.15, 0.2) is 0 Å². The SMILES string of the molecule is C[C@H](N)c1ccc(Br)cc1OCCc1ccsc1. The second-order valence-electron chi connectivity index (χ2n) is 4.20. The van der Waals surface area contributed by atoms with Crippen molar-refractivity contribution < 1.29 is 4.74 Å². The monoisotopic (exact) mass is 325 g/mol. The van der Waals surface area contributed by atoms with Crippen LogP contribution < -0.4 is 10.5 Å². The number of ether oxygens (including phenoxy) is 1. The van der Waals surface area contributed by atoms with Gasteiger partial charge in [-0.25, -0.2) is 0 Å². The predicted molar refractivity (Wildman–Crippen MR) is 80.3 cm³/mol. The molecule has 1 heterocycles. The van der Waals surface area contributed by atoms with E-state index in [4.69, 9.17) is 10.5 Å². The standard InChI is InChI=1S/C14H16BrNOS/c1-10(16)13-3-2-12(15)8-14(13)17-6-4-11-5-7-18-9-11/h2-3,5,7-10H,4,6,16H2,1H3/t10-/m0/s1. The van der Waals surface area contributed by atoms with E-state index in [1.165, 1.54) is 5.56 Å². The molecule has 0 aliphatic rings. The first kappa shape index (κ1) is 13.6. The third-order valence-corrected chi connectivity index (χ3v) is 3.92. The van der Waals surface area contributed by atoms with Crippen molar-refractivity contribution in [3.8, 4) is 5.75 Å². The van der Waals surface area contributed by atoms with E-state index in [9.17, 15) is 0 Å². The zero-order chi connectivity index (χ0) is 13.0. The molecule has 0 saturated carbocycles. The Bertz CT molecular complexity index is 497. The van der Waals surface area contributed by atoms with E-state index in [2.05, 4.69) is 32.8 Å². The summed E-state index contributed by atoms with van der Waals surface area (Å²) in [5, 5.41) is 4.23. The lowest BCUT2D eigenvalue weighted by atomic mass is 10.1. The Kier molecular flexibility index (Phi) is 4.80. The molecule has 0 saturated heterocycles. The molecule has 18 heavy (non-hydrogen) atoms. The van der Waals surface area contributed by atoms with Crippen LogP contribution in [-0.2, 0) is 6.42 Å². The van der Waals surface area contributed by atoms with Crippen molar-refractivity contribution in [3.05, 3.63) is 50.6 Å². The van der Waals surface area contributed by atoms with E-state index >= 15 is 0 Å². The minimum absolute atomic E-state index is 0.0192. The first-order chi connectivity index (χ1) is 8.66. The van der Waals surface area contributed by atoms with Crippen molar-refractivity contribution in [2.75, 3.05) is 6.61 Å². The first-order valence-corrected chi connectivity index (χ1v) is 7.59. The summed E-state index contributed by atoms with van der Waals surface area (Å²) in [7, 11) is 0. The Hall–Kier alpha value is -0.840. The quantitative estimate of drug-likeness (QED) is 0.896. The van der Waals surface area contributed by atoms with Gasteiger partial charge in [0, 0.05) is 22.5 Å². The molecule has 0 amide bonds. The third-order valence-electron chi connectivity index (χ3n) is 2.69. The van der Waals surface area contributed by atoms with Crippen LogP contribution >= 0.6 is 27.3 Å². The van der Waals surface area contributed by atoms with Crippen molar-refractivity contribution in [1.82, 2.24) is 0 Å². The van der Waals surface area contributed by atoms with Crippen LogP contribution in [0.25, 0.3) is 0 Å². The predicted octanol–water partition coefficient (Wildman–Crippen LogP) is 4.15. The minimum Gasteiger partial charge on any atom is -0.493 e. The Morgan fingerprint density at radius 2 is 2.22 bits per heavy atom. The van der Waals surface area contributed by atoms with Gasteiger partial charge in [-0.2, -0.15) is 11.3 Å².